The fourth-order valence-corrected chi connectivity index (χ4v) is 3.39. The van der Waals surface area contributed by atoms with E-state index in [2.05, 4.69) is 46.2 Å². The summed E-state index contributed by atoms with van der Waals surface area (Å²) in [7, 11) is 0. The molecule has 3 rings (SSSR count). The van der Waals surface area contributed by atoms with E-state index in [0.717, 1.165) is 31.2 Å². The topological polar surface area (TPSA) is 26.7 Å². The molecule has 0 amide bonds. The van der Waals surface area contributed by atoms with Gasteiger partial charge < -0.3 is 5.11 Å². The van der Waals surface area contributed by atoms with Crippen LogP contribution in [0.25, 0.3) is 0 Å². The third-order valence-electron chi connectivity index (χ3n) is 4.54. The molecule has 2 atom stereocenters. The minimum absolute atomic E-state index is 0.226. The Morgan fingerprint density at radius 3 is 1.91 bits per heavy atom. The maximum atomic E-state index is 9.76. The van der Waals surface area contributed by atoms with Crippen molar-refractivity contribution in [3.05, 3.63) is 70.7 Å². The van der Waals surface area contributed by atoms with E-state index in [1.54, 1.807) is 0 Å². The van der Waals surface area contributed by atoms with Crippen LogP contribution in [0.15, 0.2) is 54.6 Å². The number of rotatable bonds is 4. The molecule has 0 bridgehead atoms. The van der Waals surface area contributed by atoms with Crippen molar-refractivity contribution in [3.8, 4) is 0 Å². The molecule has 1 aliphatic heterocycles. The van der Waals surface area contributed by atoms with Crippen molar-refractivity contribution in [2.75, 3.05) is 26.2 Å². The average molecular weight is 331 g/mol. The first kappa shape index (κ1) is 16.5. The smallest absolute Gasteiger partial charge is 0.104 e. The molecule has 1 heterocycles. The molecule has 0 aliphatic carbocycles. The van der Waals surface area contributed by atoms with Crippen LogP contribution in [0.4, 0.5) is 0 Å². The molecule has 2 aromatic rings. The fourth-order valence-electron chi connectivity index (χ4n) is 3.26. The summed E-state index contributed by atoms with van der Waals surface area (Å²) in [5, 5.41) is 10.5. The van der Waals surface area contributed by atoms with Crippen LogP contribution in [0, 0.1) is 0 Å². The van der Waals surface area contributed by atoms with Gasteiger partial charge >= 0.3 is 0 Å². The first-order valence-electron chi connectivity index (χ1n) is 8.12. The van der Waals surface area contributed by atoms with E-state index < -0.39 is 0 Å². The predicted molar refractivity (Wildman–Crippen MR) is 94.6 cm³/mol. The lowest BCUT2D eigenvalue weighted by Gasteiger charge is -2.40. The van der Waals surface area contributed by atoms with Gasteiger partial charge in [0.1, 0.15) is 6.23 Å². The van der Waals surface area contributed by atoms with E-state index in [1.807, 2.05) is 25.1 Å². The fraction of sp³-hybridized carbons (Fsp3) is 0.368. The summed E-state index contributed by atoms with van der Waals surface area (Å²) in [6, 6.07) is 19.0. The Bertz CT molecular complexity index is 607. The number of hydrogen-bond acceptors (Lipinski definition) is 3. The third kappa shape index (κ3) is 3.93. The zero-order chi connectivity index (χ0) is 16.2. The van der Waals surface area contributed by atoms with Crippen LogP contribution in [0.2, 0.25) is 5.02 Å². The second-order valence-electron chi connectivity index (χ2n) is 6.07. The molecule has 23 heavy (non-hydrogen) atoms. The lowest BCUT2D eigenvalue weighted by Crippen LogP contribution is -2.50. The maximum Gasteiger partial charge on any atom is 0.104 e. The predicted octanol–water partition coefficient (Wildman–Crippen LogP) is 3.39. The van der Waals surface area contributed by atoms with Crippen molar-refractivity contribution >= 4 is 11.6 Å². The van der Waals surface area contributed by atoms with E-state index in [1.165, 1.54) is 11.1 Å². The molecule has 0 radical (unpaired) electrons. The van der Waals surface area contributed by atoms with Gasteiger partial charge in [-0.1, -0.05) is 54.1 Å². The SMILES string of the molecule is C[C@@H](O)N1CCN([C@@H](c2ccccc2)c2ccc(Cl)cc2)CC1. The van der Waals surface area contributed by atoms with Gasteiger partial charge in [0, 0.05) is 31.2 Å². The Kier molecular flexibility index (Phi) is 5.34. The van der Waals surface area contributed by atoms with Gasteiger partial charge in [-0.25, -0.2) is 0 Å². The van der Waals surface area contributed by atoms with E-state index >= 15 is 0 Å². The van der Waals surface area contributed by atoms with Crippen LogP contribution < -0.4 is 0 Å². The highest BCUT2D eigenvalue weighted by molar-refractivity contribution is 6.30. The van der Waals surface area contributed by atoms with Gasteiger partial charge in [-0.05, 0) is 30.2 Å². The maximum absolute atomic E-state index is 9.76. The molecule has 1 N–H and O–H groups in total. The molecule has 1 aliphatic rings. The van der Waals surface area contributed by atoms with Crippen molar-refractivity contribution in [2.45, 2.75) is 19.2 Å². The van der Waals surface area contributed by atoms with Crippen LogP contribution in [-0.4, -0.2) is 47.3 Å². The number of hydrogen-bond donors (Lipinski definition) is 1. The summed E-state index contributed by atoms with van der Waals surface area (Å²) in [5.74, 6) is 0. The molecule has 1 saturated heterocycles. The normalized spacial score (nSPS) is 19.4. The Morgan fingerprint density at radius 2 is 1.35 bits per heavy atom. The quantitative estimate of drug-likeness (QED) is 0.931. The van der Waals surface area contributed by atoms with E-state index in [9.17, 15) is 5.11 Å². The number of nitrogens with zero attached hydrogens (tertiary/aromatic N) is 2. The first-order valence-corrected chi connectivity index (χ1v) is 8.49. The number of benzene rings is 2. The van der Waals surface area contributed by atoms with Gasteiger partial charge in [0.15, 0.2) is 0 Å². The zero-order valence-electron chi connectivity index (χ0n) is 13.4. The summed E-state index contributed by atoms with van der Waals surface area (Å²) < 4.78 is 0. The highest BCUT2D eigenvalue weighted by atomic mass is 35.5. The molecule has 4 heteroatoms. The van der Waals surface area contributed by atoms with E-state index in [0.29, 0.717) is 0 Å². The molecule has 3 nitrogen and oxygen atoms in total. The molecule has 1 fully saturated rings. The number of piperazine rings is 1. The van der Waals surface area contributed by atoms with Crippen LogP contribution in [0.1, 0.15) is 24.1 Å². The summed E-state index contributed by atoms with van der Waals surface area (Å²) in [5.41, 5.74) is 2.55. The molecule has 0 saturated carbocycles. The Balaban J connectivity index is 1.86. The van der Waals surface area contributed by atoms with Crippen molar-refractivity contribution in [2.24, 2.45) is 0 Å². The van der Waals surface area contributed by atoms with Gasteiger partial charge in [-0.3, -0.25) is 9.80 Å². The number of halogens is 1. The summed E-state index contributed by atoms with van der Waals surface area (Å²) in [6.07, 6.45) is -0.372. The summed E-state index contributed by atoms with van der Waals surface area (Å²) in [4.78, 5) is 4.60. The second kappa shape index (κ2) is 7.45. The van der Waals surface area contributed by atoms with Gasteiger partial charge in [0.2, 0.25) is 0 Å². The minimum Gasteiger partial charge on any atom is -0.379 e. The largest absolute Gasteiger partial charge is 0.379 e. The Labute approximate surface area is 143 Å². The van der Waals surface area contributed by atoms with Crippen LogP contribution in [0.3, 0.4) is 0 Å². The molecular formula is C19H23ClN2O. The van der Waals surface area contributed by atoms with E-state index in [-0.39, 0.29) is 12.3 Å². The Morgan fingerprint density at radius 1 is 0.826 bits per heavy atom. The molecular weight excluding hydrogens is 308 g/mol. The standard InChI is InChI=1S/C19H23ClN2O/c1-15(23)21-11-13-22(14-12-21)19(16-5-3-2-4-6-16)17-7-9-18(20)10-8-17/h2-10,15,19,23H,11-14H2,1H3/t15-,19+/m1/s1. The van der Waals surface area contributed by atoms with E-state index in [4.69, 9.17) is 11.6 Å². The summed E-state index contributed by atoms with van der Waals surface area (Å²) >= 11 is 6.05. The molecule has 2 aromatic carbocycles. The molecule has 0 spiro atoms. The molecule has 0 aromatic heterocycles. The second-order valence-corrected chi connectivity index (χ2v) is 6.51. The van der Waals surface area contributed by atoms with Crippen LogP contribution >= 0.6 is 11.6 Å². The zero-order valence-corrected chi connectivity index (χ0v) is 14.2. The van der Waals surface area contributed by atoms with Crippen molar-refractivity contribution in [1.29, 1.82) is 0 Å². The average Bonchev–Trinajstić information content (AvgIpc) is 2.58. The number of aliphatic hydroxyl groups excluding tert-OH is 1. The lowest BCUT2D eigenvalue weighted by atomic mass is 9.96. The van der Waals surface area contributed by atoms with Gasteiger partial charge in [-0.2, -0.15) is 0 Å². The van der Waals surface area contributed by atoms with Crippen molar-refractivity contribution in [3.63, 3.8) is 0 Å². The Hall–Kier alpha value is -1.39. The van der Waals surface area contributed by atoms with Crippen LogP contribution in [0.5, 0.6) is 0 Å². The monoisotopic (exact) mass is 330 g/mol. The highest BCUT2D eigenvalue weighted by Crippen LogP contribution is 2.30. The minimum atomic E-state index is -0.372. The van der Waals surface area contributed by atoms with Gasteiger partial charge in [-0.15, -0.1) is 0 Å². The third-order valence-corrected chi connectivity index (χ3v) is 4.80. The first-order chi connectivity index (χ1) is 11.1. The summed E-state index contributed by atoms with van der Waals surface area (Å²) in [6.45, 7) is 5.48. The molecule has 0 unspecified atom stereocenters. The number of aliphatic hydroxyl groups is 1. The highest BCUT2D eigenvalue weighted by Gasteiger charge is 2.27. The van der Waals surface area contributed by atoms with Crippen molar-refractivity contribution < 1.29 is 5.11 Å². The molecule has 122 valence electrons. The lowest BCUT2D eigenvalue weighted by molar-refractivity contribution is -0.0182. The van der Waals surface area contributed by atoms with Crippen LogP contribution in [-0.2, 0) is 0 Å². The van der Waals surface area contributed by atoms with Gasteiger partial charge in [0.25, 0.3) is 0 Å². The van der Waals surface area contributed by atoms with Gasteiger partial charge in [0.05, 0.1) is 6.04 Å². The van der Waals surface area contributed by atoms with Crippen molar-refractivity contribution in [1.82, 2.24) is 9.80 Å².